The molecule has 2 atom stereocenters. The van der Waals surface area contributed by atoms with Crippen molar-refractivity contribution in [1.29, 1.82) is 0 Å². The van der Waals surface area contributed by atoms with Crippen LogP contribution in [0.15, 0.2) is 30.3 Å². The number of nitrogens with zero attached hydrogens (tertiary/aromatic N) is 1. The maximum atomic E-state index is 4.61. The zero-order valence-electron chi connectivity index (χ0n) is 10.8. The molecule has 1 N–H and O–H groups in total. The van der Waals surface area contributed by atoms with Gasteiger partial charge in [0.05, 0.1) is 10.9 Å². The first-order valence-corrected chi connectivity index (χ1v) is 7.53. The summed E-state index contributed by atoms with van der Waals surface area (Å²) in [5, 5.41) is 5.37. The minimum absolute atomic E-state index is 0.403. The number of aromatic nitrogens is 1. The molecule has 1 aliphatic rings. The van der Waals surface area contributed by atoms with Crippen LogP contribution in [-0.2, 0) is 0 Å². The first-order chi connectivity index (χ1) is 8.74. The molecule has 0 aliphatic carbocycles. The van der Waals surface area contributed by atoms with Gasteiger partial charge in [-0.25, -0.2) is 0 Å². The molecule has 3 heteroatoms. The van der Waals surface area contributed by atoms with E-state index in [2.05, 4.69) is 54.5 Å². The third-order valence-electron chi connectivity index (χ3n) is 3.43. The van der Waals surface area contributed by atoms with E-state index in [1.165, 1.54) is 23.1 Å². The van der Waals surface area contributed by atoms with Crippen molar-refractivity contribution in [2.45, 2.75) is 31.7 Å². The first kappa shape index (κ1) is 12.0. The third kappa shape index (κ3) is 2.25. The Morgan fingerprint density at radius 3 is 3.00 bits per heavy atom. The number of benzene rings is 1. The van der Waals surface area contributed by atoms with Gasteiger partial charge in [0, 0.05) is 17.1 Å². The Bertz CT molecular complexity index is 567. The summed E-state index contributed by atoms with van der Waals surface area (Å²) >= 11 is 2.00. The van der Waals surface area contributed by atoms with Gasteiger partial charge >= 0.3 is 0 Å². The summed E-state index contributed by atoms with van der Waals surface area (Å²) in [5.74, 6) is 1.23. The van der Waals surface area contributed by atoms with Crippen molar-refractivity contribution in [2.24, 2.45) is 0 Å². The van der Waals surface area contributed by atoms with E-state index in [9.17, 15) is 0 Å². The fourth-order valence-corrected chi connectivity index (χ4v) is 3.92. The van der Waals surface area contributed by atoms with E-state index in [1.807, 2.05) is 11.8 Å². The molecular weight excluding hydrogens is 240 g/mol. The smallest absolute Gasteiger partial charge is 0.0798 e. The average Bonchev–Trinajstić information content (AvgIpc) is 2.37. The monoisotopic (exact) mass is 258 g/mol. The van der Waals surface area contributed by atoms with E-state index < -0.39 is 0 Å². The summed E-state index contributed by atoms with van der Waals surface area (Å²) in [6.07, 6.45) is 1.25. The van der Waals surface area contributed by atoms with E-state index in [-0.39, 0.29) is 0 Å². The summed E-state index contributed by atoms with van der Waals surface area (Å²) in [6, 6.07) is 11.3. The van der Waals surface area contributed by atoms with Crippen LogP contribution in [0.3, 0.4) is 0 Å². The number of thioether (sulfide) groups is 1. The number of fused-ring (bicyclic) bond motifs is 1. The molecule has 2 aromatic rings. The highest BCUT2D eigenvalue weighted by Gasteiger charge is 2.21. The van der Waals surface area contributed by atoms with Crippen LogP contribution in [0.1, 0.15) is 30.0 Å². The Morgan fingerprint density at radius 1 is 1.33 bits per heavy atom. The molecule has 0 spiro atoms. The van der Waals surface area contributed by atoms with Crippen LogP contribution in [0.2, 0.25) is 0 Å². The van der Waals surface area contributed by atoms with Crippen molar-refractivity contribution >= 4 is 22.7 Å². The van der Waals surface area contributed by atoms with Crippen molar-refractivity contribution in [1.82, 2.24) is 10.3 Å². The summed E-state index contributed by atoms with van der Waals surface area (Å²) in [7, 11) is 0. The number of aryl methyl sites for hydroxylation is 1. The average molecular weight is 258 g/mol. The Morgan fingerprint density at radius 2 is 2.17 bits per heavy atom. The van der Waals surface area contributed by atoms with E-state index in [0.29, 0.717) is 11.4 Å². The molecule has 1 aromatic carbocycles. The molecule has 0 radical (unpaired) electrons. The van der Waals surface area contributed by atoms with Crippen LogP contribution in [0, 0.1) is 6.92 Å². The normalized spacial score (nSPS) is 24.3. The first-order valence-electron chi connectivity index (χ1n) is 6.48. The highest BCUT2D eigenvalue weighted by atomic mass is 32.2. The number of para-hydroxylation sites is 1. The maximum Gasteiger partial charge on any atom is 0.0798 e. The highest BCUT2D eigenvalue weighted by molar-refractivity contribution is 7.99. The molecule has 0 amide bonds. The van der Waals surface area contributed by atoms with Crippen molar-refractivity contribution in [3.63, 3.8) is 0 Å². The quantitative estimate of drug-likeness (QED) is 0.845. The topological polar surface area (TPSA) is 24.9 Å². The maximum absolute atomic E-state index is 4.61. The Hall–Kier alpha value is -1.06. The van der Waals surface area contributed by atoms with Crippen LogP contribution in [-0.4, -0.2) is 16.8 Å². The van der Waals surface area contributed by atoms with Gasteiger partial charge in [-0.15, -0.1) is 11.8 Å². The Balaban J connectivity index is 2.09. The van der Waals surface area contributed by atoms with Gasteiger partial charge in [-0.05, 0) is 43.7 Å². The lowest BCUT2D eigenvalue weighted by Gasteiger charge is -2.29. The number of hydrogen-bond acceptors (Lipinski definition) is 3. The van der Waals surface area contributed by atoms with E-state index in [4.69, 9.17) is 0 Å². The van der Waals surface area contributed by atoms with Gasteiger partial charge in [0.15, 0.2) is 0 Å². The summed E-state index contributed by atoms with van der Waals surface area (Å²) in [6.45, 7) is 4.34. The molecule has 18 heavy (non-hydrogen) atoms. The van der Waals surface area contributed by atoms with Gasteiger partial charge in [-0.3, -0.25) is 10.3 Å². The molecule has 1 aromatic heterocycles. The lowest BCUT2D eigenvalue weighted by molar-refractivity contribution is 0.513. The third-order valence-corrected chi connectivity index (χ3v) is 4.62. The number of nitrogens with one attached hydrogen (secondary N) is 1. The zero-order chi connectivity index (χ0) is 12.5. The number of hydrogen-bond donors (Lipinski definition) is 1. The van der Waals surface area contributed by atoms with Crippen molar-refractivity contribution in [3.8, 4) is 0 Å². The van der Waals surface area contributed by atoms with E-state index in [1.54, 1.807) is 0 Å². The Kier molecular flexibility index (Phi) is 3.27. The molecule has 94 valence electrons. The summed E-state index contributed by atoms with van der Waals surface area (Å²) < 4.78 is 0. The predicted molar refractivity (Wildman–Crippen MR) is 78.9 cm³/mol. The second-order valence-electron chi connectivity index (χ2n) is 4.98. The van der Waals surface area contributed by atoms with Crippen molar-refractivity contribution in [2.75, 3.05) is 5.75 Å². The molecule has 1 aliphatic heterocycles. The van der Waals surface area contributed by atoms with Crippen LogP contribution in [0.25, 0.3) is 10.9 Å². The van der Waals surface area contributed by atoms with Gasteiger partial charge in [0.25, 0.3) is 0 Å². The summed E-state index contributed by atoms with van der Waals surface area (Å²) in [5.41, 5.74) is 3.59. The second kappa shape index (κ2) is 4.90. The minimum atomic E-state index is 0.403. The van der Waals surface area contributed by atoms with Gasteiger partial charge in [0.1, 0.15) is 0 Å². The second-order valence-corrected chi connectivity index (χ2v) is 6.19. The van der Waals surface area contributed by atoms with Crippen LogP contribution >= 0.6 is 11.8 Å². The van der Waals surface area contributed by atoms with Gasteiger partial charge < -0.3 is 0 Å². The van der Waals surface area contributed by atoms with Gasteiger partial charge in [-0.2, -0.15) is 0 Å². The van der Waals surface area contributed by atoms with E-state index in [0.717, 1.165) is 11.2 Å². The van der Waals surface area contributed by atoms with Crippen molar-refractivity contribution < 1.29 is 0 Å². The van der Waals surface area contributed by atoms with Crippen LogP contribution < -0.4 is 5.32 Å². The largest absolute Gasteiger partial charge is 0.299 e. The molecule has 2 heterocycles. The molecule has 2 nitrogen and oxygen atoms in total. The van der Waals surface area contributed by atoms with Crippen molar-refractivity contribution in [3.05, 3.63) is 41.6 Å². The molecular formula is C15H18N2S. The van der Waals surface area contributed by atoms with Gasteiger partial charge in [-0.1, -0.05) is 18.2 Å². The van der Waals surface area contributed by atoms with Crippen LogP contribution in [0.4, 0.5) is 0 Å². The lowest BCUT2D eigenvalue weighted by atomic mass is 10.1. The lowest BCUT2D eigenvalue weighted by Crippen LogP contribution is -2.33. The SMILES string of the molecule is Cc1cc(C2NC(C)CCS2)c2ccccc2n1. The zero-order valence-corrected chi connectivity index (χ0v) is 11.6. The standard InChI is InChI=1S/C15H18N2S/c1-10-7-8-18-15(17-10)13-9-11(2)16-14-6-4-3-5-12(13)14/h3-6,9-10,15,17H,7-8H2,1-2H3. The van der Waals surface area contributed by atoms with E-state index >= 15 is 0 Å². The fourth-order valence-electron chi connectivity index (χ4n) is 2.49. The fraction of sp³-hybridized carbons (Fsp3) is 0.400. The van der Waals surface area contributed by atoms with Crippen LogP contribution in [0.5, 0.6) is 0 Å². The minimum Gasteiger partial charge on any atom is -0.299 e. The Labute approximate surface area is 112 Å². The molecule has 0 bridgehead atoms. The highest BCUT2D eigenvalue weighted by Crippen LogP contribution is 2.35. The molecule has 2 unspecified atom stereocenters. The van der Waals surface area contributed by atoms with Gasteiger partial charge in [0.2, 0.25) is 0 Å². The molecule has 1 fully saturated rings. The number of rotatable bonds is 1. The predicted octanol–water partition coefficient (Wildman–Crippen LogP) is 3.66. The summed E-state index contributed by atoms with van der Waals surface area (Å²) in [4.78, 5) is 4.61. The molecule has 0 saturated carbocycles. The number of pyridine rings is 1. The molecule has 3 rings (SSSR count). The molecule has 1 saturated heterocycles.